The first-order valence-electron chi connectivity index (χ1n) is 5.61. The molecule has 3 nitrogen and oxygen atoms in total. The van der Waals surface area contributed by atoms with Gasteiger partial charge in [-0.3, -0.25) is 4.68 Å². The van der Waals surface area contributed by atoms with Crippen LogP contribution >= 0.6 is 0 Å². The van der Waals surface area contributed by atoms with E-state index >= 15 is 0 Å². The van der Waals surface area contributed by atoms with E-state index in [1.807, 2.05) is 0 Å². The van der Waals surface area contributed by atoms with E-state index in [0.717, 1.165) is 25.7 Å². The number of nitrogens with zero attached hydrogens (tertiary/aromatic N) is 2. The summed E-state index contributed by atoms with van der Waals surface area (Å²) >= 11 is 0. The third-order valence-corrected chi connectivity index (χ3v) is 3.59. The highest BCUT2D eigenvalue weighted by molar-refractivity contribution is 5.30. The van der Waals surface area contributed by atoms with Gasteiger partial charge in [-0.1, -0.05) is 12.8 Å². The second-order valence-electron chi connectivity index (χ2n) is 4.59. The van der Waals surface area contributed by atoms with Crippen molar-refractivity contribution in [2.24, 2.45) is 12.8 Å². The molecule has 1 heterocycles. The van der Waals surface area contributed by atoms with Crippen molar-refractivity contribution in [2.45, 2.75) is 37.5 Å². The molecule has 0 aliphatic heterocycles. The monoisotopic (exact) mass is 229 g/mol. The predicted molar refractivity (Wildman–Crippen MR) is 57.4 cm³/mol. The number of nitrogens with two attached hydrogens (primary N) is 1. The number of aromatic nitrogens is 2. The minimum Gasteiger partial charge on any atom is -0.330 e. The van der Waals surface area contributed by atoms with Crippen molar-refractivity contribution in [1.29, 1.82) is 0 Å². The van der Waals surface area contributed by atoms with Gasteiger partial charge in [-0.15, -0.1) is 0 Å². The molecule has 1 aromatic rings. The summed E-state index contributed by atoms with van der Waals surface area (Å²) in [5.74, 6) is 0. The van der Waals surface area contributed by atoms with E-state index in [2.05, 4.69) is 5.10 Å². The highest BCUT2D eigenvalue weighted by Gasteiger charge is 2.39. The molecule has 0 atom stereocenters. The van der Waals surface area contributed by atoms with Crippen LogP contribution in [0.25, 0.3) is 0 Å². The van der Waals surface area contributed by atoms with E-state index in [1.54, 1.807) is 13.2 Å². The van der Waals surface area contributed by atoms with Crippen molar-refractivity contribution < 1.29 is 8.78 Å². The summed E-state index contributed by atoms with van der Waals surface area (Å²) < 4.78 is 27.2. The Balaban J connectivity index is 2.44. The topological polar surface area (TPSA) is 43.8 Å². The van der Waals surface area contributed by atoms with Gasteiger partial charge in [0.05, 0.1) is 0 Å². The standard InChI is InChI=1S/C11H17F2N3/c1-16-6-8(9(15-16)10(12)13)11(7-14)4-2-3-5-11/h6,10H,2-5,7,14H2,1H3. The van der Waals surface area contributed by atoms with E-state index < -0.39 is 6.43 Å². The molecule has 0 amide bonds. The minimum atomic E-state index is -2.51. The molecule has 0 spiro atoms. The molecule has 2 rings (SSSR count). The molecule has 0 radical (unpaired) electrons. The first-order chi connectivity index (χ1) is 7.59. The zero-order valence-corrected chi connectivity index (χ0v) is 9.42. The van der Waals surface area contributed by atoms with Gasteiger partial charge in [-0.2, -0.15) is 5.10 Å². The second-order valence-corrected chi connectivity index (χ2v) is 4.59. The summed E-state index contributed by atoms with van der Waals surface area (Å²) in [6, 6.07) is 0. The molecule has 0 unspecified atom stereocenters. The summed E-state index contributed by atoms with van der Waals surface area (Å²) in [7, 11) is 1.68. The second kappa shape index (κ2) is 4.13. The highest BCUT2D eigenvalue weighted by Crippen LogP contribution is 2.43. The van der Waals surface area contributed by atoms with Gasteiger partial charge >= 0.3 is 0 Å². The van der Waals surface area contributed by atoms with Gasteiger partial charge in [-0.05, 0) is 12.8 Å². The fourth-order valence-corrected chi connectivity index (χ4v) is 2.71. The van der Waals surface area contributed by atoms with Crippen LogP contribution in [0.5, 0.6) is 0 Å². The largest absolute Gasteiger partial charge is 0.330 e. The molecular weight excluding hydrogens is 212 g/mol. The first kappa shape index (κ1) is 11.5. The fourth-order valence-electron chi connectivity index (χ4n) is 2.71. The lowest BCUT2D eigenvalue weighted by molar-refractivity contribution is 0.142. The maximum Gasteiger partial charge on any atom is 0.282 e. The van der Waals surface area contributed by atoms with Gasteiger partial charge in [0.15, 0.2) is 0 Å². The molecule has 1 fully saturated rings. The van der Waals surface area contributed by atoms with E-state index in [-0.39, 0.29) is 11.1 Å². The van der Waals surface area contributed by atoms with Gasteiger partial charge in [-0.25, -0.2) is 8.78 Å². The molecule has 0 saturated heterocycles. The normalized spacial score (nSPS) is 19.6. The molecule has 0 aromatic carbocycles. The third kappa shape index (κ3) is 1.73. The predicted octanol–water partition coefficient (Wildman–Crippen LogP) is 2.13. The van der Waals surface area contributed by atoms with Crippen molar-refractivity contribution in [3.63, 3.8) is 0 Å². The molecule has 1 aliphatic carbocycles. The van der Waals surface area contributed by atoms with Crippen LogP contribution in [0.4, 0.5) is 8.78 Å². The zero-order valence-electron chi connectivity index (χ0n) is 9.42. The maximum absolute atomic E-state index is 12.9. The molecular formula is C11H17F2N3. The molecule has 1 aromatic heterocycles. The van der Waals surface area contributed by atoms with Crippen LogP contribution in [0.3, 0.4) is 0 Å². The lowest BCUT2D eigenvalue weighted by Crippen LogP contribution is -2.32. The fraction of sp³-hybridized carbons (Fsp3) is 0.727. The van der Waals surface area contributed by atoms with Crippen LogP contribution in [0.1, 0.15) is 43.4 Å². The summed E-state index contributed by atoms with van der Waals surface area (Å²) in [5.41, 5.74) is 6.10. The SMILES string of the molecule is Cn1cc(C2(CN)CCCC2)c(C(F)F)n1. The number of alkyl halides is 2. The molecule has 1 saturated carbocycles. The molecule has 90 valence electrons. The number of hydrogen-bond acceptors (Lipinski definition) is 2. The van der Waals surface area contributed by atoms with Crippen molar-refractivity contribution >= 4 is 0 Å². The smallest absolute Gasteiger partial charge is 0.282 e. The van der Waals surface area contributed by atoms with E-state index in [9.17, 15) is 8.78 Å². The maximum atomic E-state index is 12.9. The van der Waals surface area contributed by atoms with Crippen LogP contribution in [0.15, 0.2) is 6.20 Å². The minimum absolute atomic E-state index is 0.0881. The van der Waals surface area contributed by atoms with Gasteiger partial charge < -0.3 is 5.73 Å². The quantitative estimate of drug-likeness (QED) is 0.862. The van der Waals surface area contributed by atoms with Crippen LogP contribution in [-0.4, -0.2) is 16.3 Å². The van der Waals surface area contributed by atoms with Gasteiger partial charge in [0.1, 0.15) is 5.69 Å². The van der Waals surface area contributed by atoms with Crippen molar-refractivity contribution in [1.82, 2.24) is 9.78 Å². The van der Waals surface area contributed by atoms with Crippen molar-refractivity contribution in [3.05, 3.63) is 17.5 Å². The van der Waals surface area contributed by atoms with Gasteiger partial charge in [0.2, 0.25) is 0 Å². The summed E-state index contributed by atoms with van der Waals surface area (Å²) in [5, 5.41) is 3.86. The Morgan fingerprint density at radius 3 is 2.62 bits per heavy atom. The lowest BCUT2D eigenvalue weighted by Gasteiger charge is -2.27. The summed E-state index contributed by atoms with van der Waals surface area (Å²) in [4.78, 5) is 0. The Labute approximate surface area is 93.6 Å². The molecule has 5 heteroatoms. The van der Waals surface area contributed by atoms with Crippen molar-refractivity contribution in [2.75, 3.05) is 6.54 Å². The van der Waals surface area contributed by atoms with E-state index in [1.165, 1.54) is 4.68 Å². The molecule has 0 bridgehead atoms. The van der Waals surface area contributed by atoms with Gasteiger partial charge in [0, 0.05) is 30.8 Å². The molecule has 2 N–H and O–H groups in total. The number of halogens is 2. The van der Waals surface area contributed by atoms with Crippen LogP contribution in [-0.2, 0) is 12.5 Å². The molecule has 1 aliphatic rings. The van der Waals surface area contributed by atoms with Crippen LogP contribution < -0.4 is 5.73 Å². The number of rotatable bonds is 3. The van der Waals surface area contributed by atoms with E-state index in [0.29, 0.717) is 12.1 Å². The number of hydrogen-bond donors (Lipinski definition) is 1. The third-order valence-electron chi connectivity index (χ3n) is 3.59. The van der Waals surface area contributed by atoms with Gasteiger partial charge in [0.25, 0.3) is 6.43 Å². The Morgan fingerprint density at radius 1 is 1.50 bits per heavy atom. The average Bonchev–Trinajstić information content (AvgIpc) is 2.84. The Hall–Kier alpha value is -0.970. The Bertz CT molecular complexity index is 367. The Kier molecular flexibility index (Phi) is 2.97. The lowest BCUT2D eigenvalue weighted by atomic mass is 9.79. The van der Waals surface area contributed by atoms with Crippen LogP contribution in [0.2, 0.25) is 0 Å². The Morgan fingerprint density at radius 2 is 2.12 bits per heavy atom. The first-order valence-corrected chi connectivity index (χ1v) is 5.61. The highest BCUT2D eigenvalue weighted by atomic mass is 19.3. The van der Waals surface area contributed by atoms with Crippen LogP contribution in [0, 0.1) is 0 Å². The summed E-state index contributed by atoms with van der Waals surface area (Å²) in [6.45, 7) is 0.429. The zero-order chi connectivity index (χ0) is 11.8. The number of aryl methyl sites for hydroxylation is 1. The van der Waals surface area contributed by atoms with E-state index in [4.69, 9.17) is 5.73 Å². The average molecular weight is 229 g/mol. The van der Waals surface area contributed by atoms with Crippen molar-refractivity contribution in [3.8, 4) is 0 Å². The molecule has 16 heavy (non-hydrogen) atoms. The summed E-state index contributed by atoms with van der Waals surface area (Å²) in [6.07, 6.45) is 3.12.